The van der Waals surface area contributed by atoms with E-state index >= 15 is 0 Å². The van der Waals surface area contributed by atoms with Gasteiger partial charge in [-0.3, -0.25) is 9.59 Å². The minimum atomic E-state index is -0.384. The first-order chi connectivity index (χ1) is 11.2. The van der Waals surface area contributed by atoms with Crippen LogP contribution in [0.1, 0.15) is 39.0 Å². The summed E-state index contributed by atoms with van der Waals surface area (Å²) < 4.78 is 5.52. The van der Waals surface area contributed by atoms with Crippen LogP contribution in [0.25, 0.3) is 11.0 Å². The first-order valence-electron chi connectivity index (χ1n) is 7.04. The molecule has 0 bridgehead atoms. The van der Waals surface area contributed by atoms with E-state index in [1.807, 2.05) is 6.92 Å². The number of benzene rings is 1. The Kier molecular flexibility index (Phi) is 2.87. The van der Waals surface area contributed by atoms with Gasteiger partial charge in [0.15, 0.2) is 0 Å². The molecule has 0 spiro atoms. The van der Waals surface area contributed by atoms with Crippen molar-refractivity contribution in [2.24, 2.45) is 0 Å². The summed E-state index contributed by atoms with van der Waals surface area (Å²) in [6.45, 7) is 2.32. The Hall–Kier alpha value is -3.22. The van der Waals surface area contributed by atoms with Crippen LogP contribution >= 0.6 is 0 Å². The highest BCUT2D eigenvalue weighted by Gasteiger charge is 2.33. The van der Waals surface area contributed by atoms with Gasteiger partial charge in [0.1, 0.15) is 22.7 Å². The highest BCUT2D eigenvalue weighted by molar-refractivity contribution is 6.27. The predicted molar refractivity (Wildman–Crippen MR) is 79.6 cm³/mol. The highest BCUT2D eigenvalue weighted by atomic mass is 16.5. The van der Waals surface area contributed by atoms with E-state index < -0.39 is 0 Å². The molecule has 112 valence electrons. The lowest BCUT2D eigenvalue weighted by Crippen LogP contribution is -2.24. The van der Waals surface area contributed by atoms with Crippen molar-refractivity contribution in [3.63, 3.8) is 0 Å². The summed E-state index contributed by atoms with van der Waals surface area (Å²) in [6.07, 6.45) is 2.56. The quantitative estimate of drug-likeness (QED) is 0.555. The lowest BCUT2D eigenvalue weighted by Gasteiger charge is -2.16. The van der Waals surface area contributed by atoms with Gasteiger partial charge >= 0.3 is 0 Å². The Bertz CT molecular complexity index is 984. The number of hydrogen-bond acceptors (Lipinski definition) is 7. The van der Waals surface area contributed by atoms with E-state index in [2.05, 4.69) is 20.2 Å². The van der Waals surface area contributed by atoms with Crippen molar-refractivity contribution in [3.8, 4) is 5.75 Å². The molecular weight excluding hydrogens is 296 g/mol. The first-order valence-corrected chi connectivity index (χ1v) is 7.04. The fraction of sp³-hybridized carbons (Fsp3) is 0.125. The number of nitrogens with zero attached hydrogens (tertiary/aromatic N) is 4. The molecular formula is C16H10N4O3. The number of ketones is 2. The molecule has 1 aromatic carbocycles. The van der Waals surface area contributed by atoms with E-state index in [4.69, 9.17) is 4.74 Å². The number of carbonyl (C=O) groups excluding carboxylic acids is 2. The molecule has 0 unspecified atom stereocenters. The van der Waals surface area contributed by atoms with E-state index in [9.17, 15) is 9.59 Å². The summed E-state index contributed by atoms with van der Waals surface area (Å²) in [6, 6.07) is 5.24. The van der Waals surface area contributed by atoms with Crippen LogP contribution in [0.5, 0.6) is 5.75 Å². The minimum absolute atomic E-state index is 0.0233. The smallest absolute Gasteiger partial charge is 0.216 e. The molecule has 0 saturated carbocycles. The third-order valence-corrected chi connectivity index (χ3v) is 3.61. The van der Waals surface area contributed by atoms with Gasteiger partial charge in [0.05, 0.1) is 35.6 Å². The molecule has 7 nitrogen and oxygen atoms in total. The van der Waals surface area contributed by atoms with Crippen molar-refractivity contribution in [2.45, 2.75) is 6.92 Å². The molecule has 0 aliphatic heterocycles. The number of fused-ring (bicyclic) bond motifs is 3. The third kappa shape index (κ3) is 1.90. The van der Waals surface area contributed by atoms with Crippen LogP contribution in [0.4, 0.5) is 0 Å². The summed E-state index contributed by atoms with van der Waals surface area (Å²) in [7, 11) is 0. The van der Waals surface area contributed by atoms with Gasteiger partial charge in [-0.05, 0) is 19.1 Å². The summed E-state index contributed by atoms with van der Waals surface area (Å²) in [5, 5.41) is 7.33. The summed E-state index contributed by atoms with van der Waals surface area (Å²) >= 11 is 0. The number of ether oxygens (including phenoxy) is 1. The standard InChI is InChI=1S/C16H10N4O3/c1-2-23-11-5-3-4-10-12(11)20-14-13(19-10)15(21)8-6-17-18-7-9(8)16(14)22/h3-7H,2H2,1H3. The highest BCUT2D eigenvalue weighted by Crippen LogP contribution is 2.29. The second kappa shape index (κ2) is 4.91. The van der Waals surface area contributed by atoms with Crippen molar-refractivity contribution >= 4 is 22.6 Å². The Morgan fingerprint density at radius 3 is 2.26 bits per heavy atom. The van der Waals surface area contributed by atoms with Gasteiger partial charge in [0.25, 0.3) is 0 Å². The average Bonchev–Trinajstić information content (AvgIpc) is 2.59. The average molecular weight is 306 g/mol. The molecule has 23 heavy (non-hydrogen) atoms. The molecule has 1 aliphatic rings. The molecule has 4 rings (SSSR count). The van der Waals surface area contributed by atoms with Crippen LogP contribution in [0.2, 0.25) is 0 Å². The largest absolute Gasteiger partial charge is 0.492 e. The fourth-order valence-electron chi connectivity index (χ4n) is 2.58. The van der Waals surface area contributed by atoms with Gasteiger partial charge in [0.2, 0.25) is 11.6 Å². The minimum Gasteiger partial charge on any atom is -0.492 e. The van der Waals surface area contributed by atoms with Crippen molar-refractivity contribution in [2.75, 3.05) is 6.61 Å². The van der Waals surface area contributed by atoms with Crippen molar-refractivity contribution in [1.82, 2.24) is 20.2 Å². The van der Waals surface area contributed by atoms with Gasteiger partial charge in [-0.1, -0.05) is 6.07 Å². The van der Waals surface area contributed by atoms with E-state index in [1.165, 1.54) is 12.4 Å². The maximum atomic E-state index is 12.6. The normalized spacial score (nSPS) is 12.9. The topological polar surface area (TPSA) is 94.9 Å². The van der Waals surface area contributed by atoms with E-state index in [0.29, 0.717) is 23.4 Å². The molecule has 0 amide bonds. The molecule has 0 radical (unpaired) electrons. The van der Waals surface area contributed by atoms with Gasteiger partial charge in [-0.25, -0.2) is 9.97 Å². The zero-order valence-corrected chi connectivity index (χ0v) is 12.1. The predicted octanol–water partition coefficient (Wildman–Crippen LogP) is 1.59. The monoisotopic (exact) mass is 306 g/mol. The Labute approximate surface area is 130 Å². The lowest BCUT2D eigenvalue weighted by molar-refractivity contribution is 0.0971. The molecule has 2 heterocycles. The summed E-state index contributed by atoms with van der Waals surface area (Å²) in [4.78, 5) is 33.8. The van der Waals surface area contributed by atoms with Gasteiger partial charge < -0.3 is 4.74 Å². The van der Waals surface area contributed by atoms with Crippen LogP contribution in [-0.2, 0) is 0 Å². The van der Waals surface area contributed by atoms with Gasteiger partial charge in [0, 0.05) is 0 Å². The zero-order valence-electron chi connectivity index (χ0n) is 12.1. The van der Waals surface area contributed by atoms with Crippen LogP contribution < -0.4 is 4.74 Å². The van der Waals surface area contributed by atoms with Crippen LogP contribution in [0.3, 0.4) is 0 Å². The summed E-state index contributed by atoms with van der Waals surface area (Å²) in [5.41, 5.74) is 1.42. The Balaban J connectivity index is 2.01. The molecule has 3 aromatic rings. The number of rotatable bonds is 2. The SMILES string of the molecule is CCOc1cccc2nc3c(nc12)C(=O)c1cnncc1C3=O. The van der Waals surface area contributed by atoms with Crippen LogP contribution in [0, 0.1) is 0 Å². The van der Waals surface area contributed by atoms with Crippen molar-refractivity contribution in [1.29, 1.82) is 0 Å². The number of aromatic nitrogens is 4. The molecule has 0 fully saturated rings. The number of carbonyl (C=O) groups is 2. The number of hydrogen-bond donors (Lipinski definition) is 0. The van der Waals surface area contributed by atoms with E-state index in [0.717, 1.165) is 0 Å². The Morgan fingerprint density at radius 2 is 1.61 bits per heavy atom. The first kappa shape index (κ1) is 13.4. The lowest BCUT2D eigenvalue weighted by atomic mass is 9.92. The third-order valence-electron chi connectivity index (χ3n) is 3.61. The fourth-order valence-corrected chi connectivity index (χ4v) is 2.58. The van der Waals surface area contributed by atoms with Crippen molar-refractivity contribution < 1.29 is 14.3 Å². The van der Waals surface area contributed by atoms with E-state index in [1.54, 1.807) is 18.2 Å². The molecule has 2 aromatic heterocycles. The van der Waals surface area contributed by atoms with Crippen LogP contribution in [0.15, 0.2) is 30.6 Å². The van der Waals surface area contributed by atoms with Gasteiger partial charge in [-0.2, -0.15) is 10.2 Å². The molecule has 0 N–H and O–H groups in total. The van der Waals surface area contributed by atoms with E-state index in [-0.39, 0.29) is 34.1 Å². The van der Waals surface area contributed by atoms with Crippen LogP contribution in [-0.4, -0.2) is 38.3 Å². The second-order valence-electron chi connectivity index (χ2n) is 4.95. The van der Waals surface area contributed by atoms with Crippen molar-refractivity contribution in [3.05, 3.63) is 53.1 Å². The molecule has 0 atom stereocenters. The number of para-hydroxylation sites is 1. The summed E-state index contributed by atoms with van der Waals surface area (Å²) in [5.74, 6) is -0.231. The Morgan fingerprint density at radius 1 is 0.957 bits per heavy atom. The van der Waals surface area contributed by atoms with Gasteiger partial charge in [-0.15, -0.1) is 0 Å². The zero-order chi connectivity index (χ0) is 16.0. The maximum Gasteiger partial charge on any atom is 0.216 e. The molecule has 0 saturated heterocycles. The molecule has 7 heteroatoms. The molecule has 1 aliphatic carbocycles. The maximum absolute atomic E-state index is 12.6. The second-order valence-corrected chi connectivity index (χ2v) is 4.95.